The second kappa shape index (κ2) is 31.9. The number of aliphatic hydroxyl groups is 1. The number of unbranched alkanes of at least 4 members (excludes halogenated alkanes) is 16. The summed E-state index contributed by atoms with van der Waals surface area (Å²) in [6.45, 7) is 15.1. The van der Waals surface area contributed by atoms with E-state index in [0.29, 0.717) is 18.6 Å². The maximum Gasteiger partial charge on any atom is 0.308 e. The number of aliphatic hydroxyl groups excluding tert-OH is 1. The van der Waals surface area contributed by atoms with Gasteiger partial charge in [0.05, 0.1) is 17.9 Å². The van der Waals surface area contributed by atoms with Gasteiger partial charge in [-0.05, 0) is 89.4 Å². The topological polar surface area (TPSA) is 79.3 Å². The highest BCUT2D eigenvalue weighted by Gasteiger charge is 2.39. The third-order valence-electron chi connectivity index (χ3n) is 13.1. The normalized spacial score (nSPS) is 16.6. The quantitative estimate of drug-likeness (QED) is 0.0516. The Morgan fingerprint density at radius 2 is 0.870 bits per heavy atom. The first-order chi connectivity index (χ1) is 26.4. The number of esters is 2. The second-order valence-electron chi connectivity index (χ2n) is 17.6. The molecule has 1 N–H and O–H groups in total. The maximum absolute atomic E-state index is 13.8. The number of likely N-dealkylation sites (tertiary alicyclic amines) is 2. The lowest BCUT2D eigenvalue weighted by Gasteiger charge is -2.48. The van der Waals surface area contributed by atoms with Gasteiger partial charge in [0.25, 0.3) is 0 Å². The van der Waals surface area contributed by atoms with E-state index >= 15 is 0 Å². The summed E-state index contributed by atoms with van der Waals surface area (Å²) in [5, 5.41) is 9.31. The minimum Gasteiger partial charge on any atom is -0.464 e. The fourth-order valence-corrected chi connectivity index (χ4v) is 9.00. The van der Waals surface area contributed by atoms with E-state index in [-0.39, 0.29) is 36.4 Å². The molecule has 2 saturated heterocycles. The molecule has 0 amide bonds. The van der Waals surface area contributed by atoms with Crippen molar-refractivity contribution in [1.29, 1.82) is 0 Å². The lowest BCUT2D eigenvalue weighted by Crippen LogP contribution is -2.52. The molecule has 0 saturated carbocycles. The molecule has 0 atom stereocenters. The monoisotopic (exact) mass is 763 g/mol. The number of carbonyl (C=O) groups is 2. The Morgan fingerprint density at radius 3 is 1.22 bits per heavy atom. The first-order valence-electron chi connectivity index (χ1n) is 23.8. The molecule has 0 bridgehead atoms. The van der Waals surface area contributed by atoms with Crippen LogP contribution in [0.2, 0.25) is 0 Å². The van der Waals surface area contributed by atoms with Crippen LogP contribution in [0.3, 0.4) is 0 Å². The van der Waals surface area contributed by atoms with Gasteiger partial charge in [-0.3, -0.25) is 14.5 Å². The zero-order valence-corrected chi connectivity index (χ0v) is 36.4. The van der Waals surface area contributed by atoms with Crippen LogP contribution in [-0.2, 0) is 19.1 Å². The van der Waals surface area contributed by atoms with Gasteiger partial charge in [-0.25, -0.2) is 0 Å². The van der Waals surface area contributed by atoms with Crippen LogP contribution >= 0.6 is 0 Å². The Balaban J connectivity index is 2.08. The first kappa shape index (κ1) is 49.0. The molecule has 0 aromatic carbocycles. The molecule has 7 nitrogen and oxygen atoms in total. The predicted octanol–water partition coefficient (Wildman–Crippen LogP) is 11.7. The van der Waals surface area contributed by atoms with E-state index in [1.54, 1.807) is 0 Å². The summed E-state index contributed by atoms with van der Waals surface area (Å²) in [5.74, 6) is -0.111. The molecule has 7 heteroatoms. The highest BCUT2D eigenvalue weighted by atomic mass is 16.5. The van der Waals surface area contributed by atoms with Crippen LogP contribution in [0.4, 0.5) is 0 Å². The number of hydrogen-bond donors (Lipinski definition) is 1. The molecule has 0 aliphatic carbocycles. The van der Waals surface area contributed by atoms with Gasteiger partial charge in [-0.15, -0.1) is 0 Å². The molecular formula is C47H90N2O5. The summed E-state index contributed by atoms with van der Waals surface area (Å²) in [5.41, 5.74) is 0.380. The summed E-state index contributed by atoms with van der Waals surface area (Å²) in [6, 6.07) is -0.0931. The molecule has 318 valence electrons. The Labute approximate surface area is 334 Å². The molecule has 2 aliphatic heterocycles. The molecule has 0 unspecified atom stereocenters. The molecule has 0 aromatic rings. The number of hydrogen-bond acceptors (Lipinski definition) is 7. The zero-order valence-electron chi connectivity index (χ0n) is 36.4. The number of nitrogens with zero attached hydrogens (tertiary/aromatic N) is 2. The number of piperidine rings is 2. The van der Waals surface area contributed by atoms with E-state index in [1.165, 1.54) is 116 Å². The van der Waals surface area contributed by atoms with Crippen molar-refractivity contribution in [3.8, 4) is 0 Å². The number of rotatable bonds is 34. The molecular weight excluding hydrogens is 673 g/mol. The average molecular weight is 763 g/mol. The summed E-state index contributed by atoms with van der Waals surface area (Å²) >= 11 is 0. The van der Waals surface area contributed by atoms with Crippen molar-refractivity contribution >= 4 is 11.9 Å². The average Bonchev–Trinajstić information content (AvgIpc) is 3.19. The molecule has 2 fully saturated rings. The lowest BCUT2D eigenvalue weighted by molar-refractivity contribution is -0.156. The van der Waals surface area contributed by atoms with Crippen LogP contribution in [0.5, 0.6) is 0 Å². The summed E-state index contributed by atoms with van der Waals surface area (Å²) in [6.07, 6.45) is 33.4. The fraction of sp³-hybridized carbons (Fsp3) is 0.957. The van der Waals surface area contributed by atoms with Crippen molar-refractivity contribution in [3.63, 3.8) is 0 Å². The molecule has 54 heavy (non-hydrogen) atoms. The highest BCUT2D eigenvalue weighted by molar-refractivity contribution is 5.73. The Hall–Kier alpha value is -1.18. The Morgan fingerprint density at radius 1 is 0.519 bits per heavy atom. The van der Waals surface area contributed by atoms with E-state index in [0.717, 1.165) is 103 Å². The van der Waals surface area contributed by atoms with E-state index < -0.39 is 0 Å². The first-order valence-corrected chi connectivity index (χ1v) is 23.8. The minimum atomic E-state index is -0.0931. The second-order valence-corrected chi connectivity index (χ2v) is 17.6. The standard InChI is InChI=1S/C47H90N2O5/c1-5-9-13-17-21-26-42(27-22-18-14-10-6-2)45(51)53-40-44(49-37-32-47(33-38-49)30-35-48(36-31-47)34-25-39-50)41-54-46(52)43(28-23-19-15-11-7-3)29-24-20-16-12-8-4/h42-44,50H,5-41H2,1-4H3. The zero-order chi connectivity index (χ0) is 39.1. The molecule has 0 radical (unpaired) electrons. The van der Waals surface area contributed by atoms with E-state index in [4.69, 9.17) is 9.47 Å². The summed E-state index contributed by atoms with van der Waals surface area (Å²) in [7, 11) is 0. The van der Waals surface area contributed by atoms with Crippen molar-refractivity contribution in [3.05, 3.63) is 0 Å². The van der Waals surface area contributed by atoms with E-state index in [9.17, 15) is 14.7 Å². The largest absolute Gasteiger partial charge is 0.464 e. The Bertz CT molecular complexity index is 821. The molecule has 2 heterocycles. The van der Waals surface area contributed by atoms with Gasteiger partial charge in [-0.2, -0.15) is 0 Å². The van der Waals surface area contributed by atoms with Crippen LogP contribution < -0.4 is 0 Å². The molecule has 1 spiro atoms. The SMILES string of the molecule is CCCCCCCC(CCCCCCC)C(=O)OCC(COC(=O)C(CCCCCCC)CCCCCCC)N1CCC2(CCN(CCCO)CC2)CC1. The van der Waals surface area contributed by atoms with Gasteiger partial charge in [0, 0.05) is 13.2 Å². The summed E-state index contributed by atoms with van der Waals surface area (Å²) in [4.78, 5) is 32.6. The van der Waals surface area contributed by atoms with Crippen LogP contribution in [0.15, 0.2) is 0 Å². The van der Waals surface area contributed by atoms with Crippen molar-refractivity contribution in [2.75, 3.05) is 52.5 Å². The van der Waals surface area contributed by atoms with E-state index in [1.807, 2.05) is 0 Å². The van der Waals surface area contributed by atoms with Crippen LogP contribution in [0, 0.1) is 17.3 Å². The van der Waals surface area contributed by atoms with Gasteiger partial charge in [0.15, 0.2) is 0 Å². The van der Waals surface area contributed by atoms with Crippen LogP contribution in [0.1, 0.15) is 214 Å². The van der Waals surface area contributed by atoms with Crippen molar-refractivity contribution in [2.24, 2.45) is 17.3 Å². The van der Waals surface area contributed by atoms with Gasteiger partial charge in [-0.1, -0.05) is 156 Å². The van der Waals surface area contributed by atoms with Crippen molar-refractivity contribution in [1.82, 2.24) is 9.80 Å². The third kappa shape index (κ3) is 21.4. The summed E-state index contributed by atoms with van der Waals surface area (Å²) < 4.78 is 12.5. The third-order valence-corrected chi connectivity index (χ3v) is 13.1. The minimum absolute atomic E-state index is 0.0260. The number of ether oxygens (including phenoxy) is 2. The van der Waals surface area contributed by atoms with Gasteiger partial charge < -0.3 is 19.5 Å². The smallest absolute Gasteiger partial charge is 0.308 e. The predicted molar refractivity (Wildman–Crippen MR) is 227 cm³/mol. The molecule has 2 aliphatic rings. The van der Waals surface area contributed by atoms with Crippen LogP contribution in [0.25, 0.3) is 0 Å². The van der Waals surface area contributed by atoms with E-state index in [2.05, 4.69) is 37.5 Å². The van der Waals surface area contributed by atoms with Crippen LogP contribution in [-0.4, -0.2) is 85.4 Å². The van der Waals surface area contributed by atoms with Gasteiger partial charge in [0.1, 0.15) is 13.2 Å². The van der Waals surface area contributed by atoms with Crippen molar-refractivity contribution < 1.29 is 24.2 Å². The maximum atomic E-state index is 13.8. The van der Waals surface area contributed by atoms with Gasteiger partial charge in [0.2, 0.25) is 0 Å². The number of carbonyl (C=O) groups excluding carboxylic acids is 2. The van der Waals surface area contributed by atoms with Gasteiger partial charge >= 0.3 is 11.9 Å². The molecule has 2 rings (SSSR count). The van der Waals surface area contributed by atoms with Crippen molar-refractivity contribution in [2.45, 2.75) is 220 Å². The Kier molecular flexibility index (Phi) is 28.9. The fourth-order valence-electron chi connectivity index (χ4n) is 9.00. The highest BCUT2D eigenvalue weighted by Crippen LogP contribution is 2.41. The lowest BCUT2D eigenvalue weighted by atomic mass is 9.71. The molecule has 0 aromatic heterocycles.